The van der Waals surface area contributed by atoms with Crippen molar-refractivity contribution in [3.8, 4) is 0 Å². The lowest BCUT2D eigenvalue weighted by Crippen LogP contribution is -2.32. The molecule has 0 radical (unpaired) electrons. The SMILES string of the molecule is CCCNC(CCCOCC)Cc1cc(CC)nn1CC. The van der Waals surface area contributed by atoms with Crippen LogP contribution < -0.4 is 5.32 Å². The topological polar surface area (TPSA) is 39.1 Å². The zero-order valence-corrected chi connectivity index (χ0v) is 14.3. The third-order valence-electron chi connectivity index (χ3n) is 3.76. The molecule has 1 atom stereocenters. The zero-order chi connectivity index (χ0) is 15.5. The first-order valence-corrected chi connectivity index (χ1v) is 8.61. The predicted octanol–water partition coefficient (Wildman–Crippen LogP) is 3.19. The molecule has 122 valence electrons. The van der Waals surface area contributed by atoms with E-state index in [1.54, 1.807) is 0 Å². The number of hydrogen-bond acceptors (Lipinski definition) is 3. The third kappa shape index (κ3) is 6.62. The molecule has 1 N–H and O–H groups in total. The maximum atomic E-state index is 5.46. The van der Waals surface area contributed by atoms with Crippen molar-refractivity contribution in [3.05, 3.63) is 17.5 Å². The summed E-state index contributed by atoms with van der Waals surface area (Å²) in [4.78, 5) is 0. The largest absolute Gasteiger partial charge is 0.382 e. The van der Waals surface area contributed by atoms with Crippen molar-refractivity contribution in [2.45, 2.75) is 72.4 Å². The summed E-state index contributed by atoms with van der Waals surface area (Å²) in [7, 11) is 0. The van der Waals surface area contributed by atoms with Crippen molar-refractivity contribution >= 4 is 0 Å². The minimum Gasteiger partial charge on any atom is -0.382 e. The summed E-state index contributed by atoms with van der Waals surface area (Å²) in [6.45, 7) is 12.3. The number of hydrogen-bond donors (Lipinski definition) is 1. The van der Waals surface area contributed by atoms with Gasteiger partial charge in [0.15, 0.2) is 0 Å². The smallest absolute Gasteiger partial charge is 0.0624 e. The lowest BCUT2D eigenvalue weighted by molar-refractivity contribution is 0.140. The van der Waals surface area contributed by atoms with Crippen LogP contribution in [0.5, 0.6) is 0 Å². The van der Waals surface area contributed by atoms with Crippen LogP contribution in [0.15, 0.2) is 6.07 Å². The average Bonchev–Trinajstić information content (AvgIpc) is 2.91. The van der Waals surface area contributed by atoms with Crippen LogP contribution in [0.4, 0.5) is 0 Å². The standard InChI is InChI=1S/C17H33N3O/c1-5-11-18-16(10-9-12-21-8-4)14-17-13-15(6-2)19-20(17)7-3/h13,16,18H,5-12,14H2,1-4H3. The molecule has 4 heteroatoms. The van der Waals surface area contributed by atoms with E-state index in [2.05, 4.69) is 48.9 Å². The molecule has 0 saturated heterocycles. The van der Waals surface area contributed by atoms with Gasteiger partial charge in [0.05, 0.1) is 5.69 Å². The molecular formula is C17H33N3O. The Morgan fingerprint density at radius 1 is 1.29 bits per heavy atom. The molecule has 1 heterocycles. The van der Waals surface area contributed by atoms with Crippen LogP contribution >= 0.6 is 0 Å². The quantitative estimate of drug-likeness (QED) is 0.602. The molecule has 4 nitrogen and oxygen atoms in total. The highest BCUT2D eigenvalue weighted by Crippen LogP contribution is 2.11. The maximum absolute atomic E-state index is 5.46. The Morgan fingerprint density at radius 3 is 2.71 bits per heavy atom. The van der Waals surface area contributed by atoms with Crippen LogP contribution in [-0.4, -0.2) is 35.6 Å². The molecule has 0 aromatic carbocycles. The van der Waals surface area contributed by atoms with Gasteiger partial charge in [-0.15, -0.1) is 0 Å². The Morgan fingerprint density at radius 2 is 2.10 bits per heavy atom. The maximum Gasteiger partial charge on any atom is 0.0624 e. The first-order valence-electron chi connectivity index (χ1n) is 8.61. The molecule has 1 aromatic rings. The highest BCUT2D eigenvalue weighted by atomic mass is 16.5. The first-order chi connectivity index (χ1) is 10.2. The van der Waals surface area contributed by atoms with Gasteiger partial charge in [0, 0.05) is 37.9 Å². The Bertz CT molecular complexity index is 376. The van der Waals surface area contributed by atoms with Gasteiger partial charge in [-0.1, -0.05) is 13.8 Å². The Kier molecular flexibility index (Phi) is 9.35. The Labute approximate surface area is 130 Å². The van der Waals surface area contributed by atoms with Crippen LogP contribution in [0, 0.1) is 0 Å². The predicted molar refractivity (Wildman–Crippen MR) is 88.8 cm³/mol. The minimum atomic E-state index is 0.525. The van der Waals surface area contributed by atoms with E-state index >= 15 is 0 Å². The number of nitrogens with one attached hydrogen (secondary N) is 1. The molecule has 21 heavy (non-hydrogen) atoms. The van der Waals surface area contributed by atoms with Crippen molar-refractivity contribution < 1.29 is 4.74 Å². The molecule has 0 saturated carbocycles. The third-order valence-corrected chi connectivity index (χ3v) is 3.76. The van der Waals surface area contributed by atoms with Crippen molar-refractivity contribution in [1.29, 1.82) is 0 Å². The zero-order valence-electron chi connectivity index (χ0n) is 14.3. The molecule has 0 bridgehead atoms. The van der Waals surface area contributed by atoms with Crippen LogP contribution in [0.3, 0.4) is 0 Å². The number of ether oxygens (including phenoxy) is 1. The molecule has 1 rings (SSSR count). The van der Waals surface area contributed by atoms with Gasteiger partial charge in [0.25, 0.3) is 0 Å². The van der Waals surface area contributed by atoms with E-state index in [-0.39, 0.29) is 0 Å². The second-order valence-electron chi connectivity index (χ2n) is 5.49. The molecular weight excluding hydrogens is 262 g/mol. The average molecular weight is 295 g/mol. The Hall–Kier alpha value is -0.870. The molecule has 0 fully saturated rings. The fourth-order valence-corrected chi connectivity index (χ4v) is 2.58. The summed E-state index contributed by atoms with van der Waals surface area (Å²) >= 11 is 0. The van der Waals surface area contributed by atoms with Gasteiger partial charge >= 0.3 is 0 Å². The molecule has 0 aliphatic heterocycles. The van der Waals surface area contributed by atoms with Gasteiger partial charge in [0.1, 0.15) is 0 Å². The molecule has 1 aromatic heterocycles. The van der Waals surface area contributed by atoms with E-state index in [4.69, 9.17) is 4.74 Å². The summed E-state index contributed by atoms with van der Waals surface area (Å²) in [5.74, 6) is 0. The molecule has 1 unspecified atom stereocenters. The highest BCUT2D eigenvalue weighted by molar-refractivity contribution is 5.12. The van der Waals surface area contributed by atoms with Crippen molar-refractivity contribution in [2.75, 3.05) is 19.8 Å². The first kappa shape index (κ1) is 18.2. The summed E-state index contributed by atoms with van der Waals surface area (Å²) in [6, 6.07) is 2.80. The van der Waals surface area contributed by atoms with Gasteiger partial charge < -0.3 is 10.1 Å². The normalized spacial score (nSPS) is 12.8. The van der Waals surface area contributed by atoms with Gasteiger partial charge in [-0.3, -0.25) is 4.68 Å². The fraction of sp³-hybridized carbons (Fsp3) is 0.824. The lowest BCUT2D eigenvalue weighted by Gasteiger charge is -2.19. The van der Waals surface area contributed by atoms with Crippen molar-refractivity contribution in [2.24, 2.45) is 0 Å². The van der Waals surface area contributed by atoms with Gasteiger partial charge in [-0.2, -0.15) is 5.10 Å². The van der Waals surface area contributed by atoms with E-state index in [1.807, 2.05) is 0 Å². The summed E-state index contributed by atoms with van der Waals surface area (Å²) in [5.41, 5.74) is 2.56. The summed E-state index contributed by atoms with van der Waals surface area (Å²) in [6.07, 6.45) is 5.53. The van der Waals surface area contributed by atoms with Crippen LogP contribution in [-0.2, 0) is 24.1 Å². The van der Waals surface area contributed by atoms with Gasteiger partial charge in [-0.05, 0) is 52.1 Å². The number of aromatic nitrogens is 2. The van der Waals surface area contributed by atoms with Crippen LogP contribution in [0.25, 0.3) is 0 Å². The second-order valence-corrected chi connectivity index (χ2v) is 5.49. The van der Waals surface area contributed by atoms with Crippen molar-refractivity contribution in [1.82, 2.24) is 15.1 Å². The van der Waals surface area contributed by atoms with Crippen molar-refractivity contribution in [3.63, 3.8) is 0 Å². The highest BCUT2D eigenvalue weighted by Gasteiger charge is 2.13. The second kappa shape index (κ2) is 10.8. The molecule has 0 aliphatic rings. The van der Waals surface area contributed by atoms with Gasteiger partial charge in [0.2, 0.25) is 0 Å². The fourth-order valence-electron chi connectivity index (χ4n) is 2.58. The molecule has 0 amide bonds. The van der Waals surface area contributed by atoms with E-state index in [0.717, 1.165) is 52.0 Å². The Balaban J connectivity index is 2.59. The minimum absolute atomic E-state index is 0.525. The van der Waals surface area contributed by atoms with Crippen LogP contribution in [0.1, 0.15) is 58.3 Å². The van der Waals surface area contributed by atoms with E-state index < -0.39 is 0 Å². The van der Waals surface area contributed by atoms with E-state index in [9.17, 15) is 0 Å². The molecule has 0 spiro atoms. The summed E-state index contributed by atoms with van der Waals surface area (Å²) < 4.78 is 7.61. The monoisotopic (exact) mass is 295 g/mol. The number of nitrogens with zero attached hydrogens (tertiary/aromatic N) is 2. The van der Waals surface area contributed by atoms with Crippen LogP contribution in [0.2, 0.25) is 0 Å². The molecule has 0 aliphatic carbocycles. The van der Waals surface area contributed by atoms with Gasteiger partial charge in [-0.25, -0.2) is 0 Å². The number of rotatable bonds is 12. The van der Waals surface area contributed by atoms with E-state index in [1.165, 1.54) is 17.8 Å². The number of aryl methyl sites for hydroxylation is 2. The summed E-state index contributed by atoms with van der Waals surface area (Å²) in [5, 5.41) is 8.33. The lowest BCUT2D eigenvalue weighted by atomic mass is 10.1. The van der Waals surface area contributed by atoms with E-state index in [0.29, 0.717) is 6.04 Å².